The number of aliphatic hydroxyl groups excluding tert-OH is 1. The molecule has 0 unspecified atom stereocenters. The molecule has 1 radical (unpaired) electrons. The SMILES string of the molecule is CS(=O)(=O)N1CCN(C[C@@H](O)C[C]2C[C@H]3CC[C@@](C(N)=O)(C2)N3)CC1. The van der Waals surface area contributed by atoms with Gasteiger partial charge in [-0.05, 0) is 38.0 Å². The third-order valence-electron chi connectivity index (χ3n) is 5.75. The summed E-state index contributed by atoms with van der Waals surface area (Å²) >= 11 is 0. The third kappa shape index (κ3) is 4.33. The van der Waals surface area contributed by atoms with Gasteiger partial charge in [0.25, 0.3) is 0 Å². The average Bonchev–Trinajstić information content (AvgIpc) is 2.83. The Bertz CT molecular complexity index is 605. The van der Waals surface area contributed by atoms with Gasteiger partial charge in [0.1, 0.15) is 0 Å². The number of sulfonamides is 1. The maximum atomic E-state index is 11.8. The van der Waals surface area contributed by atoms with Crippen LogP contribution in [0.3, 0.4) is 0 Å². The van der Waals surface area contributed by atoms with Crippen LogP contribution in [0.25, 0.3) is 0 Å². The van der Waals surface area contributed by atoms with E-state index >= 15 is 0 Å². The number of nitrogens with zero attached hydrogens (tertiary/aromatic N) is 2. The van der Waals surface area contributed by atoms with Crippen molar-refractivity contribution < 1.29 is 18.3 Å². The Kier molecular flexibility index (Phi) is 5.41. The first-order valence-electron chi connectivity index (χ1n) is 8.95. The normalized spacial score (nSPS) is 33.4. The van der Waals surface area contributed by atoms with Crippen LogP contribution in [0.4, 0.5) is 0 Å². The summed E-state index contributed by atoms with van der Waals surface area (Å²) in [7, 11) is -3.13. The molecule has 0 aromatic rings. The number of piperidine rings is 1. The molecule has 3 saturated heterocycles. The number of aliphatic hydroxyl groups is 1. The smallest absolute Gasteiger partial charge is 0.237 e. The van der Waals surface area contributed by atoms with Gasteiger partial charge in [0.05, 0.1) is 17.9 Å². The van der Waals surface area contributed by atoms with Crippen LogP contribution in [0, 0.1) is 5.92 Å². The van der Waals surface area contributed by atoms with Crippen molar-refractivity contribution in [1.82, 2.24) is 14.5 Å². The molecule has 9 heteroatoms. The van der Waals surface area contributed by atoms with Gasteiger partial charge in [-0.25, -0.2) is 8.42 Å². The topological polar surface area (TPSA) is 116 Å². The Morgan fingerprint density at radius 2 is 2.08 bits per heavy atom. The zero-order valence-corrected chi connectivity index (χ0v) is 15.6. The highest BCUT2D eigenvalue weighted by Crippen LogP contribution is 2.41. The van der Waals surface area contributed by atoms with Gasteiger partial charge in [-0.2, -0.15) is 4.31 Å². The quantitative estimate of drug-likeness (QED) is 0.531. The second kappa shape index (κ2) is 7.11. The molecule has 3 aliphatic rings. The number of nitrogens with two attached hydrogens (primary N) is 1. The molecule has 1 amide bonds. The number of rotatable bonds is 6. The Labute approximate surface area is 149 Å². The number of hydrogen-bond acceptors (Lipinski definition) is 6. The highest BCUT2D eigenvalue weighted by Gasteiger charge is 2.49. The largest absolute Gasteiger partial charge is 0.392 e. The Morgan fingerprint density at radius 3 is 2.68 bits per heavy atom. The van der Waals surface area contributed by atoms with Crippen molar-refractivity contribution in [3.8, 4) is 0 Å². The molecule has 25 heavy (non-hydrogen) atoms. The molecule has 3 fully saturated rings. The number of nitrogens with one attached hydrogen (secondary N) is 1. The average molecular weight is 373 g/mol. The van der Waals surface area contributed by atoms with Gasteiger partial charge in [0, 0.05) is 38.8 Å². The molecule has 3 aliphatic heterocycles. The number of hydrogen-bond donors (Lipinski definition) is 3. The number of β-amino-alcohol motifs (C(OH)–C–C–N with tert-alkyl or cyclic N) is 1. The van der Waals surface area contributed by atoms with Gasteiger partial charge < -0.3 is 16.2 Å². The molecule has 0 spiro atoms. The van der Waals surface area contributed by atoms with Crippen LogP contribution in [-0.4, -0.2) is 85.3 Å². The number of primary amides is 1. The third-order valence-corrected chi connectivity index (χ3v) is 7.06. The van der Waals surface area contributed by atoms with E-state index in [2.05, 4.69) is 10.2 Å². The lowest BCUT2D eigenvalue weighted by Crippen LogP contribution is -2.57. The fraction of sp³-hybridized carbons (Fsp3) is 0.875. The number of fused-ring (bicyclic) bond motifs is 2. The van der Waals surface area contributed by atoms with Crippen LogP contribution in [-0.2, 0) is 14.8 Å². The van der Waals surface area contributed by atoms with E-state index in [1.54, 1.807) is 0 Å². The van der Waals surface area contributed by atoms with Crippen molar-refractivity contribution in [3.05, 3.63) is 5.92 Å². The van der Waals surface area contributed by atoms with E-state index in [9.17, 15) is 18.3 Å². The van der Waals surface area contributed by atoms with E-state index in [0.29, 0.717) is 51.6 Å². The molecule has 0 aromatic carbocycles. The molecule has 3 atom stereocenters. The predicted octanol–water partition coefficient (Wildman–Crippen LogP) is -1.34. The zero-order valence-electron chi connectivity index (χ0n) is 14.8. The lowest BCUT2D eigenvalue weighted by atomic mass is 9.80. The minimum atomic E-state index is -3.13. The van der Waals surface area contributed by atoms with Crippen LogP contribution in [0.15, 0.2) is 0 Å². The van der Waals surface area contributed by atoms with Crippen LogP contribution < -0.4 is 11.1 Å². The molecule has 3 rings (SSSR count). The fourth-order valence-electron chi connectivity index (χ4n) is 4.47. The molecule has 143 valence electrons. The van der Waals surface area contributed by atoms with Gasteiger partial charge >= 0.3 is 0 Å². The lowest BCUT2D eigenvalue weighted by molar-refractivity contribution is -0.124. The summed E-state index contributed by atoms with van der Waals surface area (Å²) < 4.78 is 24.6. The number of amides is 1. The molecular weight excluding hydrogens is 344 g/mol. The summed E-state index contributed by atoms with van der Waals surface area (Å²) in [6.45, 7) is 2.74. The highest BCUT2D eigenvalue weighted by atomic mass is 32.2. The van der Waals surface area contributed by atoms with E-state index in [4.69, 9.17) is 5.73 Å². The summed E-state index contributed by atoms with van der Waals surface area (Å²) in [5.74, 6) is 0.918. The molecule has 4 N–H and O–H groups in total. The van der Waals surface area contributed by atoms with Gasteiger partial charge in [-0.15, -0.1) is 0 Å². The second-order valence-corrected chi connectivity index (χ2v) is 9.76. The van der Waals surface area contributed by atoms with Gasteiger partial charge in [-0.3, -0.25) is 9.69 Å². The summed E-state index contributed by atoms with van der Waals surface area (Å²) in [6.07, 6.45) is 4.57. The van der Waals surface area contributed by atoms with Crippen LogP contribution in [0.1, 0.15) is 32.1 Å². The molecule has 8 nitrogen and oxygen atoms in total. The number of carbonyl (C=O) groups excluding carboxylic acids is 1. The molecule has 3 heterocycles. The van der Waals surface area contributed by atoms with E-state index in [1.165, 1.54) is 16.5 Å². The van der Waals surface area contributed by atoms with Gasteiger partial charge in [-0.1, -0.05) is 0 Å². The van der Waals surface area contributed by atoms with Crippen molar-refractivity contribution >= 4 is 15.9 Å². The second-order valence-electron chi connectivity index (χ2n) is 7.78. The maximum absolute atomic E-state index is 11.8. The van der Waals surface area contributed by atoms with Gasteiger partial charge in [0.2, 0.25) is 15.9 Å². The van der Waals surface area contributed by atoms with Crippen molar-refractivity contribution in [3.63, 3.8) is 0 Å². The Morgan fingerprint density at radius 1 is 1.40 bits per heavy atom. The van der Waals surface area contributed by atoms with Crippen LogP contribution in [0.2, 0.25) is 0 Å². The minimum Gasteiger partial charge on any atom is -0.392 e. The minimum absolute atomic E-state index is 0.293. The monoisotopic (exact) mass is 373 g/mol. The van der Waals surface area contributed by atoms with E-state index < -0.39 is 21.7 Å². The summed E-state index contributed by atoms with van der Waals surface area (Å²) in [5, 5.41) is 13.8. The van der Waals surface area contributed by atoms with Crippen LogP contribution in [0.5, 0.6) is 0 Å². The number of carbonyl (C=O) groups is 1. The summed E-state index contributed by atoms with van der Waals surface area (Å²) in [5.41, 5.74) is 4.98. The first-order valence-corrected chi connectivity index (χ1v) is 10.8. The fourth-order valence-corrected chi connectivity index (χ4v) is 5.30. The predicted molar refractivity (Wildman–Crippen MR) is 94.0 cm³/mol. The van der Waals surface area contributed by atoms with Crippen molar-refractivity contribution in [2.24, 2.45) is 5.73 Å². The summed E-state index contributed by atoms with van der Waals surface area (Å²) in [4.78, 5) is 13.9. The molecule has 0 aromatic heterocycles. The van der Waals surface area contributed by atoms with Crippen molar-refractivity contribution in [2.45, 2.75) is 49.8 Å². The first kappa shape index (κ1) is 19.0. The molecule has 0 aliphatic carbocycles. The molecule has 2 bridgehead atoms. The standard InChI is InChI=1S/C16H29N4O4S/c1-25(23,24)20-6-4-19(5-7-20)11-14(21)9-12-8-13-2-3-16(10-12,18-13)15(17)22/h13-14,18,21H,2-11H2,1H3,(H2,17,22)/t13-,14+,16+/m1/s1. The summed E-state index contributed by atoms with van der Waals surface area (Å²) in [6, 6.07) is 0.293. The van der Waals surface area contributed by atoms with Crippen LogP contribution >= 0.6 is 0 Å². The van der Waals surface area contributed by atoms with Gasteiger partial charge in [0.15, 0.2) is 0 Å². The first-order chi connectivity index (χ1) is 11.7. The Hall–Kier alpha value is -0.740. The van der Waals surface area contributed by atoms with E-state index in [0.717, 1.165) is 19.3 Å². The Balaban J connectivity index is 1.47. The molecular formula is C16H29N4O4S. The number of piperazine rings is 1. The maximum Gasteiger partial charge on any atom is 0.237 e. The van der Waals surface area contributed by atoms with Crippen molar-refractivity contribution in [1.29, 1.82) is 0 Å². The van der Waals surface area contributed by atoms with Crippen molar-refractivity contribution in [2.75, 3.05) is 39.0 Å². The highest BCUT2D eigenvalue weighted by molar-refractivity contribution is 7.88. The lowest BCUT2D eigenvalue weighted by Gasteiger charge is -2.38. The van der Waals surface area contributed by atoms with E-state index in [1.807, 2.05) is 0 Å². The zero-order chi connectivity index (χ0) is 18.2. The van der Waals surface area contributed by atoms with E-state index in [-0.39, 0.29) is 5.91 Å². The molecule has 0 saturated carbocycles.